The van der Waals surface area contributed by atoms with Gasteiger partial charge in [-0.25, -0.2) is 4.79 Å². The number of carbonyl (C=O) groups is 2. The summed E-state index contributed by atoms with van der Waals surface area (Å²) in [6.45, 7) is 1.95. The molecule has 1 aromatic carbocycles. The first-order chi connectivity index (χ1) is 8.62. The van der Waals surface area contributed by atoms with Gasteiger partial charge in [0.1, 0.15) is 11.6 Å². The fraction of sp³-hybridized carbons (Fsp3) is 0.333. The second-order valence-corrected chi connectivity index (χ2v) is 3.58. The van der Waals surface area contributed by atoms with Crippen LogP contribution in [-0.4, -0.2) is 31.5 Å². The van der Waals surface area contributed by atoms with E-state index < -0.39 is 11.9 Å². The molecule has 0 aromatic heterocycles. The molecular weight excluding hydrogens is 258 g/mol. The molecule has 6 heteroatoms. The number of methoxy groups -OCH3 is 1. The highest BCUT2D eigenvalue weighted by Gasteiger charge is 2.15. The molecule has 0 aliphatic heterocycles. The number of ether oxygens (including phenoxy) is 2. The molecule has 0 fully saturated rings. The van der Waals surface area contributed by atoms with Crippen molar-refractivity contribution in [1.29, 1.82) is 0 Å². The minimum absolute atomic E-state index is 0.186. The van der Waals surface area contributed by atoms with Crippen LogP contribution in [0.15, 0.2) is 18.2 Å². The van der Waals surface area contributed by atoms with Crippen molar-refractivity contribution >= 4 is 29.2 Å². The van der Waals surface area contributed by atoms with E-state index in [1.54, 1.807) is 19.1 Å². The number of hydrogen-bond acceptors (Lipinski definition) is 4. The Balaban J connectivity index is 3.07. The highest BCUT2D eigenvalue weighted by atomic mass is 35.5. The number of rotatable bonds is 5. The highest BCUT2D eigenvalue weighted by molar-refractivity contribution is 6.29. The molecule has 1 amide bonds. The monoisotopic (exact) mass is 271 g/mol. The number of hydrogen-bond donors (Lipinski definition) is 1. The Kier molecular flexibility index (Phi) is 5.45. The molecule has 0 saturated heterocycles. The topological polar surface area (TPSA) is 64.6 Å². The molecule has 0 radical (unpaired) electrons. The quantitative estimate of drug-likeness (QED) is 0.658. The number of esters is 1. The third-order valence-corrected chi connectivity index (χ3v) is 2.36. The number of amides is 1. The molecule has 0 unspecified atom stereocenters. The predicted octanol–water partition coefficient (Wildman–Crippen LogP) is 2.05. The summed E-state index contributed by atoms with van der Waals surface area (Å²) in [5.74, 6) is -0.607. The summed E-state index contributed by atoms with van der Waals surface area (Å²) in [4.78, 5) is 23.0. The lowest BCUT2D eigenvalue weighted by atomic mass is 10.1. The second-order valence-electron chi connectivity index (χ2n) is 3.31. The number of benzene rings is 1. The smallest absolute Gasteiger partial charge is 0.340 e. The van der Waals surface area contributed by atoms with E-state index in [0.717, 1.165) is 0 Å². The van der Waals surface area contributed by atoms with Crippen LogP contribution in [0.4, 0.5) is 5.69 Å². The van der Waals surface area contributed by atoms with Crippen LogP contribution in [0.1, 0.15) is 17.3 Å². The summed E-state index contributed by atoms with van der Waals surface area (Å²) in [5.41, 5.74) is 0.578. The van der Waals surface area contributed by atoms with Crippen LogP contribution in [0.5, 0.6) is 5.75 Å². The van der Waals surface area contributed by atoms with Crippen molar-refractivity contribution in [3.05, 3.63) is 23.8 Å². The summed E-state index contributed by atoms with van der Waals surface area (Å²) in [5, 5.41) is 2.52. The fourth-order valence-corrected chi connectivity index (χ4v) is 1.39. The molecule has 1 aromatic rings. The Hall–Kier alpha value is -1.75. The van der Waals surface area contributed by atoms with Crippen LogP contribution >= 0.6 is 11.6 Å². The van der Waals surface area contributed by atoms with Crippen molar-refractivity contribution < 1.29 is 19.1 Å². The van der Waals surface area contributed by atoms with Crippen LogP contribution in [0, 0.1) is 0 Å². The van der Waals surface area contributed by atoms with E-state index in [4.69, 9.17) is 21.1 Å². The second kappa shape index (κ2) is 6.86. The van der Waals surface area contributed by atoms with Crippen molar-refractivity contribution in [1.82, 2.24) is 0 Å². The van der Waals surface area contributed by atoms with Gasteiger partial charge in [0.25, 0.3) is 0 Å². The molecule has 1 N–H and O–H groups in total. The van der Waals surface area contributed by atoms with Crippen LogP contribution in [0.2, 0.25) is 0 Å². The van der Waals surface area contributed by atoms with Gasteiger partial charge in [0.15, 0.2) is 0 Å². The van der Waals surface area contributed by atoms with Crippen molar-refractivity contribution in [2.75, 3.05) is 24.9 Å². The molecule has 0 heterocycles. The average Bonchev–Trinajstić information content (AvgIpc) is 2.39. The Bertz CT molecular complexity index is 448. The average molecular weight is 272 g/mol. The van der Waals surface area contributed by atoms with Crippen molar-refractivity contribution in [2.24, 2.45) is 0 Å². The van der Waals surface area contributed by atoms with Gasteiger partial charge in [-0.05, 0) is 25.1 Å². The molecule has 18 heavy (non-hydrogen) atoms. The fourth-order valence-electron chi connectivity index (χ4n) is 1.32. The maximum Gasteiger partial charge on any atom is 0.340 e. The van der Waals surface area contributed by atoms with Gasteiger partial charge >= 0.3 is 5.97 Å². The minimum atomic E-state index is -0.527. The first-order valence-electron chi connectivity index (χ1n) is 5.33. The Morgan fingerprint density at radius 2 is 2.11 bits per heavy atom. The summed E-state index contributed by atoms with van der Waals surface area (Å²) in [7, 11) is 1.49. The van der Waals surface area contributed by atoms with Gasteiger partial charge in [0.05, 0.1) is 25.0 Å². The molecule has 0 saturated carbocycles. The Morgan fingerprint density at radius 1 is 1.39 bits per heavy atom. The summed E-state index contributed by atoms with van der Waals surface area (Å²) in [6, 6.07) is 4.70. The van der Waals surface area contributed by atoms with Gasteiger partial charge in [0, 0.05) is 0 Å². The number of nitrogens with one attached hydrogen (secondary N) is 1. The van der Waals surface area contributed by atoms with E-state index in [2.05, 4.69) is 5.32 Å². The minimum Gasteiger partial charge on any atom is -0.497 e. The van der Waals surface area contributed by atoms with Crippen LogP contribution in [0.25, 0.3) is 0 Å². The van der Waals surface area contributed by atoms with E-state index in [-0.39, 0.29) is 18.1 Å². The third kappa shape index (κ3) is 3.63. The lowest BCUT2D eigenvalue weighted by Crippen LogP contribution is -2.16. The highest BCUT2D eigenvalue weighted by Crippen LogP contribution is 2.23. The summed E-state index contributed by atoms with van der Waals surface area (Å²) >= 11 is 5.40. The number of carbonyl (C=O) groups excluding carboxylic acids is 2. The van der Waals surface area contributed by atoms with Crippen molar-refractivity contribution in [3.63, 3.8) is 0 Å². The molecule has 0 atom stereocenters. The van der Waals surface area contributed by atoms with E-state index in [1.807, 2.05) is 0 Å². The Morgan fingerprint density at radius 3 is 2.67 bits per heavy atom. The number of alkyl halides is 1. The lowest BCUT2D eigenvalue weighted by molar-refractivity contribution is -0.113. The molecule has 0 bridgehead atoms. The summed E-state index contributed by atoms with van der Waals surface area (Å²) < 4.78 is 9.93. The zero-order valence-electron chi connectivity index (χ0n) is 10.2. The van der Waals surface area contributed by atoms with Gasteiger partial charge in [-0.1, -0.05) is 0 Å². The maximum absolute atomic E-state index is 11.7. The normalized spacial score (nSPS) is 9.72. The summed E-state index contributed by atoms with van der Waals surface area (Å²) in [6.07, 6.45) is 0. The van der Waals surface area contributed by atoms with Crippen molar-refractivity contribution in [2.45, 2.75) is 6.92 Å². The molecule has 0 aliphatic carbocycles. The molecule has 0 aliphatic rings. The van der Waals surface area contributed by atoms with Crippen LogP contribution in [0.3, 0.4) is 0 Å². The first kappa shape index (κ1) is 14.3. The molecule has 1 rings (SSSR count). The van der Waals surface area contributed by atoms with E-state index in [0.29, 0.717) is 11.4 Å². The molecule has 98 valence electrons. The zero-order valence-corrected chi connectivity index (χ0v) is 10.9. The van der Waals surface area contributed by atoms with Crippen molar-refractivity contribution in [3.8, 4) is 5.75 Å². The predicted molar refractivity (Wildman–Crippen MR) is 68.3 cm³/mol. The third-order valence-electron chi connectivity index (χ3n) is 2.12. The number of halogens is 1. The SMILES string of the molecule is CCOC(=O)c1cc(OC)ccc1NC(=O)CCl. The van der Waals surface area contributed by atoms with E-state index >= 15 is 0 Å². The largest absolute Gasteiger partial charge is 0.497 e. The molecule has 0 spiro atoms. The van der Waals surface area contributed by atoms with Gasteiger partial charge < -0.3 is 14.8 Å². The lowest BCUT2D eigenvalue weighted by Gasteiger charge is -2.11. The van der Waals surface area contributed by atoms with Crippen LogP contribution < -0.4 is 10.1 Å². The maximum atomic E-state index is 11.7. The van der Waals surface area contributed by atoms with Crippen LogP contribution in [-0.2, 0) is 9.53 Å². The van der Waals surface area contributed by atoms with Gasteiger partial charge in [-0.2, -0.15) is 0 Å². The standard InChI is InChI=1S/C12H14ClNO4/c1-3-18-12(16)9-6-8(17-2)4-5-10(9)14-11(15)7-13/h4-6H,3,7H2,1-2H3,(H,14,15). The molecule has 5 nitrogen and oxygen atoms in total. The van der Waals surface area contributed by atoms with Gasteiger partial charge in [-0.3, -0.25) is 4.79 Å². The van der Waals surface area contributed by atoms with Gasteiger partial charge in [-0.15, -0.1) is 11.6 Å². The first-order valence-corrected chi connectivity index (χ1v) is 5.86. The Labute approximate surface area is 110 Å². The number of anilines is 1. The van der Waals surface area contributed by atoms with E-state index in [1.165, 1.54) is 13.2 Å². The zero-order chi connectivity index (χ0) is 13.5. The van der Waals surface area contributed by atoms with Gasteiger partial charge in [0.2, 0.25) is 5.91 Å². The molecular formula is C12H14ClNO4. The van der Waals surface area contributed by atoms with E-state index in [9.17, 15) is 9.59 Å².